The average molecular weight is 456 g/mol. The molecule has 6 nitrogen and oxygen atoms in total. The minimum Gasteiger partial charge on any atom is -0.293 e. The predicted molar refractivity (Wildman–Crippen MR) is 139 cm³/mol. The Morgan fingerprint density at radius 1 is 0.886 bits per heavy atom. The Morgan fingerprint density at radius 3 is 2.46 bits per heavy atom. The van der Waals surface area contributed by atoms with Crippen molar-refractivity contribution in [2.24, 2.45) is 7.05 Å². The van der Waals surface area contributed by atoms with Crippen LogP contribution in [0.25, 0.3) is 49.7 Å². The van der Waals surface area contributed by atoms with E-state index in [1.54, 1.807) is 22.4 Å². The first-order valence-electron chi connectivity index (χ1n) is 11.4. The van der Waals surface area contributed by atoms with Crippen LogP contribution in [0.1, 0.15) is 18.4 Å². The lowest BCUT2D eigenvalue weighted by Crippen LogP contribution is -2.20. The van der Waals surface area contributed by atoms with Gasteiger partial charge in [0.05, 0.1) is 45.9 Å². The summed E-state index contributed by atoms with van der Waals surface area (Å²) in [4.78, 5) is 22.6. The van der Waals surface area contributed by atoms with Crippen molar-refractivity contribution in [2.45, 2.75) is 12.8 Å². The van der Waals surface area contributed by atoms with E-state index in [1.165, 1.54) is 0 Å². The number of pyridine rings is 2. The molecule has 168 valence electrons. The summed E-state index contributed by atoms with van der Waals surface area (Å²) in [5.41, 5.74) is 6.85. The molecule has 3 aromatic heterocycles. The number of aromatic nitrogens is 4. The van der Waals surface area contributed by atoms with Gasteiger partial charge in [0.15, 0.2) is 0 Å². The molecule has 0 amide bonds. The van der Waals surface area contributed by atoms with Crippen molar-refractivity contribution >= 4 is 32.8 Å². The van der Waals surface area contributed by atoms with Crippen molar-refractivity contribution in [3.8, 4) is 22.9 Å². The minimum absolute atomic E-state index is 0.145. The van der Waals surface area contributed by atoms with E-state index in [9.17, 15) is 10.1 Å². The summed E-state index contributed by atoms with van der Waals surface area (Å²) in [7, 11) is 1.76. The molecule has 0 radical (unpaired) electrons. The van der Waals surface area contributed by atoms with E-state index in [2.05, 4.69) is 34.2 Å². The molecule has 0 fully saturated rings. The largest absolute Gasteiger partial charge is 0.333 e. The number of imidazole rings is 1. The van der Waals surface area contributed by atoms with Crippen LogP contribution in [0.3, 0.4) is 0 Å². The van der Waals surface area contributed by atoms with Gasteiger partial charge in [0, 0.05) is 29.6 Å². The molecule has 6 rings (SSSR count). The fourth-order valence-electron chi connectivity index (χ4n) is 4.63. The third-order valence-electron chi connectivity index (χ3n) is 6.65. The van der Waals surface area contributed by atoms with E-state index < -0.39 is 0 Å². The molecule has 0 N–H and O–H groups in total. The number of hydrogen-bond donors (Lipinski definition) is 0. The lowest BCUT2D eigenvalue weighted by molar-refractivity contribution is 0.845. The molecule has 6 aromatic rings. The summed E-state index contributed by atoms with van der Waals surface area (Å²) in [5.74, 6) is -0.212. The van der Waals surface area contributed by atoms with Crippen LogP contribution in [0, 0.1) is 11.3 Å². The number of fused-ring (bicyclic) bond motifs is 4. The molecule has 0 saturated carbocycles. The second kappa shape index (κ2) is 7.93. The van der Waals surface area contributed by atoms with Gasteiger partial charge in [0.25, 0.3) is 0 Å². The lowest BCUT2D eigenvalue weighted by atomic mass is 10.0. The molecule has 1 unspecified atom stereocenters. The predicted octanol–water partition coefficient (Wildman–Crippen LogP) is 5.72. The Kier molecular flexibility index (Phi) is 4.71. The lowest BCUT2D eigenvalue weighted by Gasteiger charge is -2.10. The SMILES string of the molecule is CC(C#N)c1ccc(-n2c(=O)n(C)c3cnc4ccc(-c5cnc6ccccc6c5)cc4c32)cc1. The molecule has 0 spiro atoms. The van der Waals surface area contributed by atoms with E-state index in [0.29, 0.717) is 0 Å². The van der Waals surface area contributed by atoms with Crippen molar-refractivity contribution in [3.05, 3.63) is 101 Å². The Balaban J connectivity index is 1.60. The molecule has 0 aliphatic carbocycles. The van der Waals surface area contributed by atoms with Crippen LogP contribution >= 0.6 is 0 Å². The van der Waals surface area contributed by atoms with Gasteiger partial charge in [0.2, 0.25) is 0 Å². The van der Waals surface area contributed by atoms with Crippen molar-refractivity contribution in [1.29, 1.82) is 5.26 Å². The summed E-state index contributed by atoms with van der Waals surface area (Å²) in [6.45, 7) is 1.86. The molecule has 6 heteroatoms. The zero-order valence-corrected chi connectivity index (χ0v) is 19.3. The second-order valence-corrected chi connectivity index (χ2v) is 8.76. The van der Waals surface area contributed by atoms with E-state index >= 15 is 0 Å². The van der Waals surface area contributed by atoms with E-state index in [1.807, 2.05) is 67.7 Å². The molecule has 0 saturated heterocycles. The average Bonchev–Trinajstić information content (AvgIpc) is 3.17. The number of benzene rings is 3. The van der Waals surface area contributed by atoms with Crippen molar-refractivity contribution in [2.75, 3.05) is 0 Å². The number of para-hydroxylation sites is 1. The summed E-state index contributed by atoms with van der Waals surface area (Å²) >= 11 is 0. The van der Waals surface area contributed by atoms with Gasteiger partial charge in [-0.25, -0.2) is 4.79 Å². The summed E-state index contributed by atoms with van der Waals surface area (Å²) < 4.78 is 3.35. The van der Waals surface area contributed by atoms with Crippen molar-refractivity contribution in [3.63, 3.8) is 0 Å². The maximum atomic E-state index is 13.3. The van der Waals surface area contributed by atoms with Gasteiger partial charge in [-0.05, 0) is 54.4 Å². The van der Waals surface area contributed by atoms with Crippen LogP contribution in [0.2, 0.25) is 0 Å². The number of nitriles is 1. The van der Waals surface area contributed by atoms with Gasteiger partial charge in [-0.1, -0.05) is 36.4 Å². The van der Waals surface area contributed by atoms with Gasteiger partial charge in [-0.2, -0.15) is 5.26 Å². The van der Waals surface area contributed by atoms with Crippen LogP contribution in [0.15, 0.2) is 90.0 Å². The molecule has 3 heterocycles. The van der Waals surface area contributed by atoms with E-state index in [4.69, 9.17) is 0 Å². The highest BCUT2D eigenvalue weighted by Gasteiger charge is 2.17. The normalized spacial score (nSPS) is 12.3. The van der Waals surface area contributed by atoms with Crippen LogP contribution in [0.5, 0.6) is 0 Å². The maximum absolute atomic E-state index is 13.3. The first-order valence-corrected chi connectivity index (χ1v) is 11.4. The third kappa shape index (κ3) is 3.29. The monoisotopic (exact) mass is 455 g/mol. The molecule has 0 bridgehead atoms. The standard InChI is InChI=1S/C29H21N5O/c1-18(15-30)19-7-10-23(11-8-19)34-28-24-14-20(22-13-21-5-3-4-6-25(21)31-16-22)9-12-26(24)32-17-27(28)33(2)29(34)35/h3-14,16-18H,1-2H3. The van der Waals surface area contributed by atoms with Crippen LogP contribution in [-0.2, 0) is 7.05 Å². The van der Waals surface area contributed by atoms with Crippen LogP contribution in [0.4, 0.5) is 0 Å². The molecular formula is C29H21N5O. The smallest absolute Gasteiger partial charge is 0.293 e. The molecular weight excluding hydrogens is 434 g/mol. The Bertz CT molecular complexity index is 1860. The maximum Gasteiger partial charge on any atom is 0.333 e. The van der Waals surface area contributed by atoms with Gasteiger partial charge >= 0.3 is 5.69 Å². The summed E-state index contributed by atoms with van der Waals surface area (Å²) in [6.07, 6.45) is 3.63. The minimum atomic E-state index is -0.212. The first-order chi connectivity index (χ1) is 17.0. The summed E-state index contributed by atoms with van der Waals surface area (Å²) in [5, 5.41) is 11.2. The van der Waals surface area contributed by atoms with E-state index in [0.717, 1.165) is 55.2 Å². The molecule has 1 atom stereocenters. The highest BCUT2D eigenvalue weighted by Crippen LogP contribution is 2.31. The fourth-order valence-corrected chi connectivity index (χ4v) is 4.63. The highest BCUT2D eigenvalue weighted by atomic mass is 16.1. The van der Waals surface area contributed by atoms with E-state index in [-0.39, 0.29) is 11.6 Å². The Hall–Kier alpha value is -4.76. The molecule has 0 aliphatic rings. The molecule has 3 aromatic carbocycles. The summed E-state index contributed by atoms with van der Waals surface area (Å²) in [6, 6.07) is 26.1. The number of hydrogen-bond acceptors (Lipinski definition) is 4. The quantitative estimate of drug-likeness (QED) is 0.342. The number of rotatable bonds is 3. The number of nitrogens with zero attached hydrogens (tertiary/aromatic N) is 5. The fraction of sp³-hybridized carbons (Fsp3) is 0.103. The Labute approximate surface area is 201 Å². The van der Waals surface area contributed by atoms with Crippen molar-refractivity contribution < 1.29 is 0 Å². The van der Waals surface area contributed by atoms with Crippen LogP contribution < -0.4 is 5.69 Å². The molecule has 35 heavy (non-hydrogen) atoms. The van der Waals surface area contributed by atoms with Gasteiger partial charge in [0.1, 0.15) is 0 Å². The first kappa shape index (κ1) is 20.8. The van der Waals surface area contributed by atoms with Gasteiger partial charge in [-0.15, -0.1) is 0 Å². The zero-order valence-electron chi connectivity index (χ0n) is 19.3. The van der Waals surface area contributed by atoms with Gasteiger partial charge < -0.3 is 0 Å². The Morgan fingerprint density at radius 2 is 1.66 bits per heavy atom. The second-order valence-electron chi connectivity index (χ2n) is 8.76. The third-order valence-corrected chi connectivity index (χ3v) is 6.65. The topological polar surface area (TPSA) is 76.5 Å². The number of aryl methyl sites for hydroxylation is 1. The van der Waals surface area contributed by atoms with Gasteiger partial charge in [-0.3, -0.25) is 19.1 Å². The van der Waals surface area contributed by atoms with Crippen molar-refractivity contribution in [1.82, 2.24) is 19.1 Å². The zero-order chi connectivity index (χ0) is 24.1. The molecule has 0 aliphatic heterocycles. The highest BCUT2D eigenvalue weighted by molar-refractivity contribution is 6.04. The van der Waals surface area contributed by atoms with Crippen LogP contribution in [-0.4, -0.2) is 19.1 Å².